The van der Waals surface area contributed by atoms with Crippen LogP contribution in [0.5, 0.6) is 0 Å². The lowest BCUT2D eigenvalue weighted by molar-refractivity contribution is -0.139. The molecule has 0 bridgehead atoms. The second-order valence-corrected chi connectivity index (χ2v) is 4.71. The van der Waals surface area contributed by atoms with Gasteiger partial charge in [-0.15, -0.1) is 11.3 Å². The highest BCUT2D eigenvalue weighted by molar-refractivity contribution is 7.11. The van der Waals surface area contributed by atoms with Crippen LogP contribution in [-0.4, -0.2) is 33.9 Å². The number of nitrogens with zero attached hydrogens (tertiary/aromatic N) is 1. The zero-order valence-corrected chi connectivity index (χ0v) is 11.2. The van der Waals surface area contributed by atoms with Crippen LogP contribution in [0.1, 0.15) is 35.1 Å². The monoisotopic (exact) mass is 285 g/mol. The average molecular weight is 285 g/mol. The number of rotatable bonds is 7. The fourth-order valence-corrected chi connectivity index (χ4v) is 2.26. The van der Waals surface area contributed by atoms with E-state index in [9.17, 15) is 14.4 Å². The number of amides is 2. The Bertz CT molecular complexity index is 486. The lowest BCUT2D eigenvalue weighted by atomic mass is 10.1. The summed E-state index contributed by atoms with van der Waals surface area (Å²) >= 11 is 1.15. The maximum atomic E-state index is 11.9. The third-order valence-corrected chi connectivity index (χ3v) is 3.33. The fourth-order valence-electron chi connectivity index (χ4n) is 1.47. The number of nitrogens with two attached hydrogens (primary N) is 1. The largest absolute Gasteiger partial charge is 0.480 e. The molecule has 0 saturated carbocycles. The molecule has 4 N–H and O–H groups in total. The molecule has 7 nitrogen and oxygen atoms in total. The second kappa shape index (κ2) is 6.83. The number of hydrogen-bond donors (Lipinski definition) is 3. The van der Waals surface area contributed by atoms with Crippen LogP contribution in [0, 0.1) is 0 Å². The zero-order valence-electron chi connectivity index (χ0n) is 10.4. The molecule has 0 aliphatic rings. The predicted octanol–water partition coefficient (Wildman–Crippen LogP) is 0.154. The van der Waals surface area contributed by atoms with E-state index in [-0.39, 0.29) is 12.8 Å². The zero-order chi connectivity index (χ0) is 14.4. The molecular formula is C11H15N3O4S. The Morgan fingerprint density at radius 2 is 2.21 bits per heavy atom. The van der Waals surface area contributed by atoms with Crippen LogP contribution in [0.25, 0.3) is 0 Å². The number of nitrogens with one attached hydrogen (secondary N) is 1. The fraction of sp³-hybridized carbons (Fsp3) is 0.455. The van der Waals surface area contributed by atoms with Crippen LogP contribution in [0.15, 0.2) is 5.51 Å². The van der Waals surface area contributed by atoms with Crippen molar-refractivity contribution in [1.82, 2.24) is 10.3 Å². The highest BCUT2D eigenvalue weighted by Gasteiger charge is 2.23. The van der Waals surface area contributed by atoms with Crippen LogP contribution in [0.2, 0.25) is 0 Å². The number of aryl methyl sites for hydroxylation is 1. The summed E-state index contributed by atoms with van der Waals surface area (Å²) in [6.45, 7) is 1.85. The van der Waals surface area contributed by atoms with Crippen molar-refractivity contribution in [3.63, 3.8) is 0 Å². The molecule has 0 aromatic carbocycles. The van der Waals surface area contributed by atoms with E-state index in [1.54, 1.807) is 0 Å². The van der Waals surface area contributed by atoms with E-state index in [2.05, 4.69) is 10.3 Å². The topological polar surface area (TPSA) is 122 Å². The quantitative estimate of drug-likeness (QED) is 0.658. The summed E-state index contributed by atoms with van der Waals surface area (Å²) in [5, 5.41) is 11.4. The van der Waals surface area contributed by atoms with Crippen molar-refractivity contribution in [2.75, 3.05) is 0 Å². The average Bonchev–Trinajstić information content (AvgIpc) is 2.81. The first-order valence-corrected chi connectivity index (χ1v) is 6.58. The number of aliphatic carboxylic acids is 1. The van der Waals surface area contributed by atoms with Gasteiger partial charge in [0.05, 0.1) is 11.2 Å². The van der Waals surface area contributed by atoms with Crippen molar-refractivity contribution in [2.45, 2.75) is 32.2 Å². The molecule has 0 saturated heterocycles. The van der Waals surface area contributed by atoms with Gasteiger partial charge in [-0.1, -0.05) is 6.92 Å². The predicted molar refractivity (Wildman–Crippen MR) is 68.8 cm³/mol. The van der Waals surface area contributed by atoms with Gasteiger partial charge in [0.1, 0.15) is 10.9 Å². The SMILES string of the molecule is CCc1ncsc1C(=O)NC(CCC(N)=O)C(=O)O. The van der Waals surface area contributed by atoms with Gasteiger partial charge in [0.25, 0.3) is 5.91 Å². The molecule has 0 spiro atoms. The lowest BCUT2D eigenvalue weighted by Gasteiger charge is -2.13. The third-order valence-electron chi connectivity index (χ3n) is 2.47. The molecule has 19 heavy (non-hydrogen) atoms. The van der Waals surface area contributed by atoms with E-state index < -0.39 is 23.8 Å². The molecule has 0 radical (unpaired) electrons. The number of aromatic nitrogens is 1. The Morgan fingerprint density at radius 1 is 1.53 bits per heavy atom. The van der Waals surface area contributed by atoms with E-state index in [1.807, 2.05) is 6.92 Å². The molecule has 1 heterocycles. The number of carbonyl (C=O) groups is 3. The number of carbonyl (C=O) groups excluding carboxylic acids is 2. The van der Waals surface area contributed by atoms with Gasteiger partial charge in [0, 0.05) is 6.42 Å². The summed E-state index contributed by atoms with van der Waals surface area (Å²) in [6, 6.07) is -1.13. The van der Waals surface area contributed by atoms with E-state index in [0.717, 1.165) is 11.3 Å². The van der Waals surface area contributed by atoms with E-state index in [1.165, 1.54) is 5.51 Å². The maximum Gasteiger partial charge on any atom is 0.326 e. The molecule has 104 valence electrons. The minimum absolute atomic E-state index is 0.0311. The smallest absolute Gasteiger partial charge is 0.326 e. The molecule has 8 heteroatoms. The molecule has 0 fully saturated rings. The maximum absolute atomic E-state index is 11.9. The van der Waals surface area contributed by atoms with Gasteiger partial charge in [-0.2, -0.15) is 0 Å². The van der Waals surface area contributed by atoms with Crippen LogP contribution in [-0.2, 0) is 16.0 Å². The van der Waals surface area contributed by atoms with Gasteiger partial charge in [-0.05, 0) is 12.8 Å². The van der Waals surface area contributed by atoms with Crippen LogP contribution in [0.3, 0.4) is 0 Å². The summed E-state index contributed by atoms with van der Waals surface area (Å²) in [4.78, 5) is 38.0. The first-order chi connectivity index (χ1) is 8.95. The van der Waals surface area contributed by atoms with Gasteiger partial charge in [0.15, 0.2) is 0 Å². The Labute approximate surface area is 113 Å². The van der Waals surface area contributed by atoms with Crippen molar-refractivity contribution < 1.29 is 19.5 Å². The molecule has 0 aliphatic carbocycles. The number of primary amides is 1. The van der Waals surface area contributed by atoms with Gasteiger partial charge < -0.3 is 16.2 Å². The minimum atomic E-state index is -1.20. The van der Waals surface area contributed by atoms with Crippen LogP contribution >= 0.6 is 11.3 Å². The van der Waals surface area contributed by atoms with Gasteiger partial charge in [-0.3, -0.25) is 9.59 Å². The number of thiazole rings is 1. The standard InChI is InChI=1S/C11H15N3O4S/c1-2-6-9(19-5-13-6)10(16)14-7(11(17)18)3-4-8(12)15/h5,7H,2-4H2,1H3,(H2,12,15)(H,14,16)(H,17,18). The Kier molecular flexibility index (Phi) is 5.43. The van der Waals surface area contributed by atoms with E-state index in [0.29, 0.717) is 17.0 Å². The lowest BCUT2D eigenvalue weighted by Crippen LogP contribution is -2.41. The molecule has 1 rings (SSSR count). The highest BCUT2D eigenvalue weighted by atomic mass is 32.1. The Balaban J connectivity index is 2.71. The summed E-state index contributed by atoms with van der Waals surface area (Å²) < 4.78 is 0. The number of carboxylic acid groups (broad SMARTS) is 1. The summed E-state index contributed by atoms with van der Waals surface area (Å²) in [7, 11) is 0. The first kappa shape index (κ1) is 15.1. The molecule has 1 unspecified atom stereocenters. The molecule has 1 aromatic rings. The molecule has 1 aromatic heterocycles. The van der Waals surface area contributed by atoms with Crippen molar-refractivity contribution >= 4 is 29.1 Å². The van der Waals surface area contributed by atoms with Gasteiger partial charge in [0.2, 0.25) is 5.91 Å². The van der Waals surface area contributed by atoms with Crippen LogP contribution in [0.4, 0.5) is 0 Å². The summed E-state index contributed by atoms with van der Waals surface area (Å²) in [6.07, 6.45) is 0.461. The van der Waals surface area contributed by atoms with Crippen molar-refractivity contribution in [3.8, 4) is 0 Å². The molecule has 0 aliphatic heterocycles. The molecule has 2 amide bonds. The Hall–Kier alpha value is -1.96. The minimum Gasteiger partial charge on any atom is -0.480 e. The van der Waals surface area contributed by atoms with E-state index >= 15 is 0 Å². The first-order valence-electron chi connectivity index (χ1n) is 5.70. The van der Waals surface area contributed by atoms with Crippen LogP contribution < -0.4 is 11.1 Å². The van der Waals surface area contributed by atoms with Crippen molar-refractivity contribution in [2.24, 2.45) is 5.73 Å². The van der Waals surface area contributed by atoms with E-state index in [4.69, 9.17) is 10.8 Å². The molecular weight excluding hydrogens is 270 g/mol. The van der Waals surface area contributed by atoms with Crippen molar-refractivity contribution in [1.29, 1.82) is 0 Å². The summed E-state index contributed by atoms with van der Waals surface area (Å²) in [5.74, 6) is -2.29. The Morgan fingerprint density at radius 3 is 2.74 bits per heavy atom. The van der Waals surface area contributed by atoms with Gasteiger partial charge >= 0.3 is 5.97 Å². The normalized spacial score (nSPS) is 11.8. The van der Waals surface area contributed by atoms with Crippen molar-refractivity contribution in [3.05, 3.63) is 16.1 Å². The third kappa shape index (κ3) is 4.32. The molecule has 1 atom stereocenters. The highest BCUT2D eigenvalue weighted by Crippen LogP contribution is 2.14. The number of carboxylic acids is 1. The second-order valence-electron chi connectivity index (χ2n) is 3.85. The number of hydrogen-bond acceptors (Lipinski definition) is 5. The van der Waals surface area contributed by atoms with Gasteiger partial charge in [-0.25, -0.2) is 9.78 Å². The summed E-state index contributed by atoms with van der Waals surface area (Å²) in [5.41, 5.74) is 7.12.